The Hall–Kier alpha value is -1.45. The lowest BCUT2D eigenvalue weighted by Crippen LogP contribution is -2.13. The highest BCUT2D eigenvalue weighted by molar-refractivity contribution is 5.80. The van der Waals surface area contributed by atoms with E-state index < -0.39 is 5.97 Å². The van der Waals surface area contributed by atoms with Gasteiger partial charge in [-0.1, -0.05) is 0 Å². The quantitative estimate of drug-likeness (QED) is 0.457. The highest BCUT2D eigenvalue weighted by Crippen LogP contribution is 1.93. The molecule has 0 radical (unpaired) electrons. The van der Waals surface area contributed by atoms with Crippen LogP contribution < -0.4 is 10.6 Å². The molecule has 1 aliphatic heterocycles. The highest BCUT2D eigenvalue weighted by Gasteiger charge is 1.96. The Kier molecular flexibility index (Phi) is 1.94. The van der Waals surface area contributed by atoms with Crippen molar-refractivity contribution in [3.05, 3.63) is 24.0 Å². The van der Waals surface area contributed by atoms with E-state index in [1.807, 2.05) is 0 Å². The molecule has 1 rings (SSSR count). The summed E-state index contributed by atoms with van der Waals surface area (Å²) in [4.78, 5) is 9.99. The van der Waals surface area contributed by atoms with Gasteiger partial charge in [0.1, 0.15) is 0 Å². The van der Waals surface area contributed by atoms with E-state index in [0.29, 0.717) is 6.67 Å². The lowest BCUT2D eigenvalue weighted by molar-refractivity contribution is -0.131. The van der Waals surface area contributed by atoms with Crippen LogP contribution in [-0.4, -0.2) is 17.7 Å². The summed E-state index contributed by atoms with van der Waals surface area (Å²) in [5.74, 6) is -0.936. The van der Waals surface area contributed by atoms with E-state index in [1.54, 1.807) is 6.20 Å². The maximum atomic E-state index is 9.99. The molecule has 0 atom stereocenters. The fourth-order valence-electron chi connectivity index (χ4n) is 0.633. The molecule has 0 aromatic heterocycles. The van der Waals surface area contributed by atoms with Crippen molar-refractivity contribution < 1.29 is 9.90 Å². The van der Waals surface area contributed by atoms with E-state index in [0.717, 1.165) is 11.8 Å². The molecule has 0 unspecified atom stereocenters. The molecule has 0 saturated carbocycles. The minimum atomic E-state index is -0.936. The van der Waals surface area contributed by atoms with Crippen molar-refractivity contribution in [2.75, 3.05) is 6.67 Å². The van der Waals surface area contributed by atoms with Crippen LogP contribution >= 0.6 is 0 Å². The first kappa shape index (κ1) is 6.67. The van der Waals surface area contributed by atoms with Gasteiger partial charge >= 0.3 is 5.97 Å². The van der Waals surface area contributed by atoms with Gasteiger partial charge in [0.2, 0.25) is 0 Å². The topological polar surface area (TPSA) is 61.4 Å². The third kappa shape index (κ3) is 1.81. The lowest BCUT2D eigenvalue weighted by atomic mass is 10.4. The number of aliphatic carboxylic acids is 1. The van der Waals surface area contributed by atoms with Crippen LogP contribution in [0, 0.1) is 0 Å². The summed E-state index contributed by atoms with van der Waals surface area (Å²) in [6, 6.07) is 0. The van der Waals surface area contributed by atoms with Crippen LogP contribution in [0.3, 0.4) is 0 Å². The molecule has 4 heteroatoms. The number of allylic oxidation sites excluding steroid dienone is 1. The molecular formula is C6H8N2O2. The van der Waals surface area contributed by atoms with Gasteiger partial charge in [-0.3, -0.25) is 0 Å². The van der Waals surface area contributed by atoms with Crippen LogP contribution in [0.5, 0.6) is 0 Å². The number of carbonyl (C=O) groups is 1. The first-order valence-corrected chi connectivity index (χ1v) is 2.87. The molecule has 0 spiro atoms. The third-order valence-electron chi connectivity index (χ3n) is 1.06. The predicted molar refractivity (Wildman–Crippen MR) is 36.0 cm³/mol. The minimum absolute atomic E-state index is 0.666. The molecule has 10 heavy (non-hydrogen) atoms. The number of hydrogen-bond donors (Lipinski definition) is 3. The first-order chi connectivity index (χ1) is 4.79. The molecule has 0 bridgehead atoms. The Labute approximate surface area is 58.2 Å². The summed E-state index contributed by atoms with van der Waals surface area (Å²) >= 11 is 0. The number of carboxylic acid groups (broad SMARTS) is 1. The molecular weight excluding hydrogens is 132 g/mol. The SMILES string of the molecule is O=C(O)C=CC1=CNCN1. The fraction of sp³-hybridized carbons (Fsp3) is 0.167. The lowest BCUT2D eigenvalue weighted by Gasteiger charge is -1.91. The third-order valence-corrected chi connectivity index (χ3v) is 1.06. The monoisotopic (exact) mass is 140 g/mol. The summed E-state index contributed by atoms with van der Waals surface area (Å²) in [7, 11) is 0. The molecule has 1 aliphatic rings. The van der Waals surface area contributed by atoms with Gasteiger partial charge in [0, 0.05) is 12.3 Å². The largest absolute Gasteiger partial charge is 0.478 e. The maximum absolute atomic E-state index is 9.99. The molecule has 0 amide bonds. The number of nitrogens with one attached hydrogen (secondary N) is 2. The molecule has 1 heterocycles. The minimum Gasteiger partial charge on any atom is -0.478 e. The van der Waals surface area contributed by atoms with E-state index in [9.17, 15) is 4.79 Å². The van der Waals surface area contributed by atoms with Crippen LogP contribution in [-0.2, 0) is 4.79 Å². The van der Waals surface area contributed by atoms with Gasteiger partial charge in [-0.15, -0.1) is 0 Å². The van der Waals surface area contributed by atoms with Crippen LogP contribution in [0.1, 0.15) is 0 Å². The van der Waals surface area contributed by atoms with Crippen molar-refractivity contribution in [3.8, 4) is 0 Å². The zero-order valence-corrected chi connectivity index (χ0v) is 5.29. The van der Waals surface area contributed by atoms with Gasteiger partial charge in [0.15, 0.2) is 0 Å². The van der Waals surface area contributed by atoms with Gasteiger partial charge in [0.25, 0.3) is 0 Å². The van der Waals surface area contributed by atoms with Crippen molar-refractivity contribution in [3.63, 3.8) is 0 Å². The van der Waals surface area contributed by atoms with Gasteiger partial charge in [-0.25, -0.2) is 4.79 Å². The fourth-order valence-corrected chi connectivity index (χ4v) is 0.633. The van der Waals surface area contributed by atoms with Gasteiger partial charge in [-0.05, 0) is 6.08 Å². The first-order valence-electron chi connectivity index (χ1n) is 2.87. The Balaban J connectivity index is 2.44. The van der Waals surface area contributed by atoms with Crippen LogP contribution in [0.4, 0.5) is 0 Å². The van der Waals surface area contributed by atoms with Gasteiger partial charge in [0.05, 0.1) is 12.4 Å². The van der Waals surface area contributed by atoms with Crippen LogP contribution in [0.25, 0.3) is 0 Å². The van der Waals surface area contributed by atoms with Crippen molar-refractivity contribution in [2.24, 2.45) is 0 Å². The number of hydrogen-bond acceptors (Lipinski definition) is 3. The molecule has 54 valence electrons. The van der Waals surface area contributed by atoms with E-state index >= 15 is 0 Å². The standard InChI is InChI=1S/C6H8N2O2/c9-6(10)2-1-5-3-7-4-8-5/h1-3,7-8H,4H2,(H,9,10). The van der Waals surface area contributed by atoms with Crippen molar-refractivity contribution in [1.82, 2.24) is 10.6 Å². The van der Waals surface area contributed by atoms with Crippen molar-refractivity contribution in [1.29, 1.82) is 0 Å². The second kappa shape index (κ2) is 2.91. The van der Waals surface area contributed by atoms with Gasteiger partial charge < -0.3 is 15.7 Å². The summed E-state index contributed by atoms with van der Waals surface area (Å²) in [6.45, 7) is 0.666. The molecule has 0 aromatic rings. The highest BCUT2D eigenvalue weighted by atomic mass is 16.4. The van der Waals surface area contributed by atoms with Crippen LogP contribution in [0.15, 0.2) is 24.0 Å². The summed E-state index contributed by atoms with van der Waals surface area (Å²) in [5, 5.41) is 14.0. The van der Waals surface area contributed by atoms with Gasteiger partial charge in [-0.2, -0.15) is 0 Å². The second-order valence-corrected chi connectivity index (χ2v) is 1.83. The molecule has 0 aliphatic carbocycles. The Bertz CT molecular complexity index is 196. The van der Waals surface area contributed by atoms with E-state index in [1.165, 1.54) is 6.08 Å². The zero-order chi connectivity index (χ0) is 7.40. The molecule has 0 aromatic carbocycles. The average Bonchev–Trinajstić information content (AvgIpc) is 2.34. The van der Waals surface area contributed by atoms with Crippen molar-refractivity contribution >= 4 is 5.97 Å². The summed E-state index contributed by atoms with van der Waals surface area (Å²) in [6.07, 6.45) is 4.31. The number of rotatable bonds is 2. The van der Waals surface area contributed by atoms with Crippen molar-refractivity contribution in [2.45, 2.75) is 0 Å². The summed E-state index contributed by atoms with van der Waals surface area (Å²) in [5.41, 5.74) is 0.794. The molecule has 3 N–H and O–H groups in total. The summed E-state index contributed by atoms with van der Waals surface area (Å²) < 4.78 is 0. The molecule has 0 fully saturated rings. The number of carboxylic acids is 1. The normalized spacial score (nSPS) is 16.2. The zero-order valence-electron chi connectivity index (χ0n) is 5.29. The Morgan fingerprint density at radius 1 is 1.80 bits per heavy atom. The van der Waals surface area contributed by atoms with E-state index in [-0.39, 0.29) is 0 Å². The smallest absolute Gasteiger partial charge is 0.328 e. The van der Waals surface area contributed by atoms with E-state index in [4.69, 9.17) is 5.11 Å². The molecule has 4 nitrogen and oxygen atoms in total. The molecule has 0 saturated heterocycles. The second-order valence-electron chi connectivity index (χ2n) is 1.83. The van der Waals surface area contributed by atoms with Crippen LogP contribution in [0.2, 0.25) is 0 Å². The maximum Gasteiger partial charge on any atom is 0.328 e. The average molecular weight is 140 g/mol. The predicted octanol–water partition coefficient (Wildman–Crippen LogP) is -0.381. The Morgan fingerprint density at radius 3 is 3.10 bits per heavy atom. The Morgan fingerprint density at radius 2 is 2.60 bits per heavy atom. The van der Waals surface area contributed by atoms with E-state index in [2.05, 4.69) is 10.6 Å².